The topological polar surface area (TPSA) is 61.8 Å². The molecule has 0 atom stereocenters. The van der Waals surface area contributed by atoms with Crippen LogP contribution in [-0.4, -0.2) is 78.3 Å². The van der Waals surface area contributed by atoms with Gasteiger partial charge in [-0.05, 0) is 6.42 Å². The molecule has 2 saturated heterocycles. The molecule has 0 unspecified atom stereocenters. The first-order valence-electron chi connectivity index (χ1n) is 8.06. The summed E-state index contributed by atoms with van der Waals surface area (Å²) in [6, 6.07) is 0.0466. The van der Waals surface area contributed by atoms with Crippen LogP contribution in [0.3, 0.4) is 0 Å². The van der Waals surface area contributed by atoms with Gasteiger partial charge in [0.25, 0.3) is 0 Å². The Morgan fingerprint density at radius 2 is 1.78 bits per heavy atom. The third-order valence-corrected chi connectivity index (χ3v) is 4.31. The van der Waals surface area contributed by atoms with Crippen molar-refractivity contribution in [3.63, 3.8) is 0 Å². The van der Waals surface area contributed by atoms with E-state index in [0.717, 1.165) is 0 Å². The molecule has 0 aromatic carbocycles. The molecule has 2 fully saturated rings. The molecule has 3 rings (SSSR count). The number of morpholine rings is 1. The molecule has 2 amide bonds. The van der Waals surface area contributed by atoms with Crippen LogP contribution in [0.4, 0.5) is 15.0 Å². The Labute approximate surface area is 135 Å². The molecular weight excluding hydrogens is 301 g/mol. The normalized spacial score (nSPS) is 19.1. The van der Waals surface area contributed by atoms with Crippen LogP contribution in [0.25, 0.3) is 0 Å². The van der Waals surface area contributed by atoms with E-state index in [0.29, 0.717) is 70.4 Å². The van der Waals surface area contributed by atoms with E-state index >= 15 is 0 Å². The van der Waals surface area contributed by atoms with Gasteiger partial charge >= 0.3 is 6.03 Å². The molecule has 0 bridgehead atoms. The average Bonchev–Trinajstić information content (AvgIpc) is 2.62. The zero-order valence-electron chi connectivity index (χ0n) is 13.4. The van der Waals surface area contributed by atoms with Gasteiger partial charge in [0.1, 0.15) is 6.33 Å². The maximum absolute atomic E-state index is 14.3. The van der Waals surface area contributed by atoms with E-state index in [1.165, 1.54) is 6.33 Å². The maximum Gasteiger partial charge on any atom is 0.320 e. The summed E-state index contributed by atoms with van der Waals surface area (Å²) >= 11 is 0. The van der Waals surface area contributed by atoms with Crippen LogP contribution in [0.2, 0.25) is 0 Å². The van der Waals surface area contributed by atoms with E-state index in [1.807, 2.05) is 21.6 Å². The largest absolute Gasteiger partial charge is 0.378 e. The van der Waals surface area contributed by atoms with Crippen LogP contribution >= 0.6 is 0 Å². The third kappa shape index (κ3) is 3.36. The lowest BCUT2D eigenvalue weighted by molar-refractivity contribution is 0.0428. The second kappa shape index (κ2) is 7.08. The fraction of sp³-hybridized carbons (Fsp3) is 0.667. The van der Waals surface area contributed by atoms with Crippen LogP contribution < -0.4 is 4.90 Å². The highest BCUT2D eigenvalue weighted by atomic mass is 19.1. The lowest BCUT2D eigenvalue weighted by atomic mass is 10.2. The Balaban J connectivity index is 1.61. The van der Waals surface area contributed by atoms with E-state index in [1.54, 1.807) is 0 Å². The summed E-state index contributed by atoms with van der Waals surface area (Å²) in [6.45, 7) is 6.63. The standard InChI is InChI=1S/C15H22FN5O2/c1-2-12-13(16)14(18-11-17-12)19-3-5-20(6-4-19)15(22)21-7-9-23-10-8-21/h11H,2-10H2,1H3. The van der Waals surface area contributed by atoms with Crippen molar-refractivity contribution in [3.8, 4) is 0 Å². The molecule has 0 saturated carbocycles. The minimum Gasteiger partial charge on any atom is -0.378 e. The van der Waals surface area contributed by atoms with E-state index in [2.05, 4.69) is 9.97 Å². The van der Waals surface area contributed by atoms with Crippen molar-refractivity contribution in [1.82, 2.24) is 19.8 Å². The van der Waals surface area contributed by atoms with Gasteiger partial charge in [-0.1, -0.05) is 6.92 Å². The quantitative estimate of drug-likeness (QED) is 0.804. The number of anilines is 1. The number of halogens is 1. The van der Waals surface area contributed by atoms with Gasteiger partial charge in [0.2, 0.25) is 0 Å². The molecule has 1 aromatic rings. The zero-order chi connectivity index (χ0) is 16.2. The van der Waals surface area contributed by atoms with Crippen molar-refractivity contribution in [1.29, 1.82) is 0 Å². The number of amides is 2. The van der Waals surface area contributed by atoms with Crippen LogP contribution in [0, 0.1) is 5.82 Å². The Morgan fingerprint density at radius 3 is 2.43 bits per heavy atom. The molecule has 1 aromatic heterocycles. The average molecular weight is 323 g/mol. The van der Waals surface area contributed by atoms with Gasteiger partial charge in [0, 0.05) is 39.3 Å². The Bertz CT molecular complexity index is 557. The SMILES string of the molecule is CCc1ncnc(N2CCN(C(=O)N3CCOCC3)CC2)c1F. The zero-order valence-corrected chi connectivity index (χ0v) is 13.4. The molecule has 0 aliphatic carbocycles. The number of hydrogen-bond acceptors (Lipinski definition) is 5. The van der Waals surface area contributed by atoms with Gasteiger partial charge in [-0.3, -0.25) is 0 Å². The Morgan fingerprint density at radius 1 is 1.13 bits per heavy atom. The second-order valence-electron chi connectivity index (χ2n) is 5.67. The highest BCUT2D eigenvalue weighted by molar-refractivity contribution is 5.75. The predicted octanol–water partition coefficient (Wildman–Crippen LogP) is 0.752. The van der Waals surface area contributed by atoms with E-state index in [9.17, 15) is 9.18 Å². The van der Waals surface area contributed by atoms with Crippen LogP contribution in [0.15, 0.2) is 6.33 Å². The predicted molar refractivity (Wildman–Crippen MR) is 82.9 cm³/mol. The second-order valence-corrected chi connectivity index (χ2v) is 5.67. The minimum absolute atomic E-state index is 0.0466. The number of ether oxygens (including phenoxy) is 1. The molecule has 2 aliphatic heterocycles. The van der Waals surface area contributed by atoms with Crippen molar-refractivity contribution in [2.75, 3.05) is 57.4 Å². The number of urea groups is 1. The summed E-state index contributed by atoms with van der Waals surface area (Å²) in [5.41, 5.74) is 0.432. The van der Waals surface area contributed by atoms with Crippen LogP contribution in [-0.2, 0) is 11.2 Å². The summed E-state index contributed by atoms with van der Waals surface area (Å²) in [5.74, 6) is -0.00160. The lowest BCUT2D eigenvalue weighted by Gasteiger charge is -2.39. The first-order valence-corrected chi connectivity index (χ1v) is 8.06. The van der Waals surface area contributed by atoms with E-state index in [-0.39, 0.29) is 11.8 Å². The Kier molecular flexibility index (Phi) is 4.90. The van der Waals surface area contributed by atoms with Crippen LogP contribution in [0.5, 0.6) is 0 Å². The molecule has 0 spiro atoms. The highest BCUT2D eigenvalue weighted by Gasteiger charge is 2.28. The van der Waals surface area contributed by atoms with E-state index < -0.39 is 0 Å². The number of aryl methyl sites for hydroxylation is 1. The molecule has 0 radical (unpaired) electrons. The molecular formula is C15H22FN5O2. The smallest absolute Gasteiger partial charge is 0.320 e. The Hall–Kier alpha value is -1.96. The number of carbonyl (C=O) groups excluding carboxylic acids is 1. The van der Waals surface area contributed by atoms with Crippen molar-refractivity contribution < 1.29 is 13.9 Å². The van der Waals surface area contributed by atoms with Crippen molar-refractivity contribution in [2.45, 2.75) is 13.3 Å². The molecule has 0 N–H and O–H groups in total. The van der Waals surface area contributed by atoms with Gasteiger partial charge in [-0.25, -0.2) is 19.2 Å². The molecule has 3 heterocycles. The van der Waals surface area contributed by atoms with Gasteiger partial charge in [0.05, 0.1) is 18.9 Å². The van der Waals surface area contributed by atoms with Gasteiger partial charge in [-0.2, -0.15) is 0 Å². The summed E-state index contributed by atoms with van der Waals surface area (Å²) in [4.78, 5) is 26.0. The summed E-state index contributed by atoms with van der Waals surface area (Å²) < 4.78 is 19.6. The number of hydrogen-bond donors (Lipinski definition) is 0. The fourth-order valence-electron chi connectivity index (χ4n) is 2.93. The summed E-state index contributed by atoms with van der Waals surface area (Å²) in [7, 11) is 0. The van der Waals surface area contributed by atoms with Gasteiger partial charge < -0.3 is 19.4 Å². The maximum atomic E-state index is 14.3. The fourth-order valence-corrected chi connectivity index (χ4v) is 2.93. The molecule has 23 heavy (non-hydrogen) atoms. The van der Waals surface area contributed by atoms with Crippen molar-refractivity contribution in [2.24, 2.45) is 0 Å². The molecule has 7 nitrogen and oxygen atoms in total. The van der Waals surface area contributed by atoms with Gasteiger partial charge in [-0.15, -0.1) is 0 Å². The first-order chi connectivity index (χ1) is 11.2. The van der Waals surface area contributed by atoms with Crippen molar-refractivity contribution in [3.05, 3.63) is 17.8 Å². The monoisotopic (exact) mass is 323 g/mol. The number of rotatable bonds is 2. The van der Waals surface area contributed by atoms with Crippen molar-refractivity contribution >= 4 is 11.8 Å². The summed E-state index contributed by atoms with van der Waals surface area (Å²) in [6.07, 6.45) is 1.94. The number of carbonyl (C=O) groups is 1. The first kappa shape index (κ1) is 15.9. The highest BCUT2D eigenvalue weighted by Crippen LogP contribution is 2.20. The van der Waals surface area contributed by atoms with Gasteiger partial charge in [0.15, 0.2) is 11.6 Å². The number of aromatic nitrogens is 2. The lowest BCUT2D eigenvalue weighted by Crippen LogP contribution is -2.55. The van der Waals surface area contributed by atoms with E-state index in [4.69, 9.17) is 4.74 Å². The molecule has 8 heteroatoms. The third-order valence-electron chi connectivity index (χ3n) is 4.31. The number of piperazine rings is 1. The number of nitrogens with zero attached hydrogens (tertiary/aromatic N) is 5. The molecule has 2 aliphatic rings. The summed E-state index contributed by atoms with van der Waals surface area (Å²) in [5, 5.41) is 0. The molecule has 126 valence electrons. The minimum atomic E-state index is -0.344. The van der Waals surface area contributed by atoms with Crippen LogP contribution in [0.1, 0.15) is 12.6 Å².